The number of hydrogen-bond acceptors (Lipinski definition) is 4. The van der Waals surface area contributed by atoms with Crippen LogP contribution in [-0.4, -0.2) is 33.5 Å². The molecule has 0 aliphatic carbocycles. The highest BCUT2D eigenvalue weighted by Crippen LogP contribution is 2.33. The summed E-state index contributed by atoms with van der Waals surface area (Å²) in [6.07, 6.45) is 3.35. The fourth-order valence-corrected chi connectivity index (χ4v) is 3.38. The summed E-state index contributed by atoms with van der Waals surface area (Å²) in [5.41, 5.74) is 3.72. The average Bonchev–Trinajstić information content (AvgIpc) is 3.11. The Morgan fingerprint density at radius 3 is 3.04 bits per heavy atom. The number of methoxy groups -OCH3 is 1. The molecule has 0 amide bonds. The zero-order valence-electron chi connectivity index (χ0n) is 13.9. The number of halogens is 1. The molecule has 0 saturated carbocycles. The van der Waals surface area contributed by atoms with E-state index in [9.17, 15) is 4.39 Å². The van der Waals surface area contributed by atoms with Crippen molar-refractivity contribution >= 4 is 0 Å². The number of H-pyrrole nitrogens is 1. The van der Waals surface area contributed by atoms with Gasteiger partial charge in [0.05, 0.1) is 30.5 Å². The second-order valence-electron chi connectivity index (χ2n) is 6.20. The fourth-order valence-electron chi connectivity index (χ4n) is 3.38. The number of pyridine rings is 1. The molecular formula is C19H19FN4O. The summed E-state index contributed by atoms with van der Waals surface area (Å²) in [6, 6.07) is 11.1. The number of rotatable bonds is 4. The Morgan fingerprint density at radius 2 is 2.20 bits per heavy atom. The van der Waals surface area contributed by atoms with Crippen LogP contribution in [0.25, 0.3) is 0 Å². The number of hydrogen-bond donors (Lipinski definition) is 1. The van der Waals surface area contributed by atoms with Crippen molar-refractivity contribution < 1.29 is 9.13 Å². The second kappa shape index (κ2) is 6.64. The highest BCUT2D eigenvalue weighted by Gasteiger charge is 2.29. The van der Waals surface area contributed by atoms with Crippen molar-refractivity contribution in [3.05, 3.63) is 77.4 Å². The molecule has 25 heavy (non-hydrogen) atoms. The van der Waals surface area contributed by atoms with E-state index in [1.807, 2.05) is 18.2 Å². The number of aromatic nitrogens is 3. The van der Waals surface area contributed by atoms with Crippen LogP contribution in [0.4, 0.5) is 4.39 Å². The van der Waals surface area contributed by atoms with Crippen LogP contribution in [0.15, 0.2) is 48.9 Å². The predicted molar refractivity (Wildman–Crippen MR) is 91.7 cm³/mol. The average molecular weight is 338 g/mol. The van der Waals surface area contributed by atoms with Gasteiger partial charge in [-0.1, -0.05) is 12.1 Å². The second-order valence-corrected chi connectivity index (χ2v) is 6.20. The molecule has 5 nitrogen and oxygen atoms in total. The molecule has 2 aromatic heterocycles. The Balaban J connectivity index is 1.64. The lowest BCUT2D eigenvalue weighted by molar-refractivity contribution is 0.222. The van der Waals surface area contributed by atoms with Gasteiger partial charge in [-0.05, 0) is 29.8 Å². The molecule has 6 heteroatoms. The Morgan fingerprint density at radius 1 is 1.28 bits per heavy atom. The van der Waals surface area contributed by atoms with Crippen molar-refractivity contribution in [2.45, 2.75) is 19.0 Å². The van der Waals surface area contributed by atoms with Crippen LogP contribution in [-0.2, 0) is 13.1 Å². The molecule has 0 bridgehead atoms. The topological polar surface area (TPSA) is 54.0 Å². The minimum atomic E-state index is -0.268. The zero-order chi connectivity index (χ0) is 17.2. The Labute approximate surface area is 145 Å². The van der Waals surface area contributed by atoms with E-state index in [1.165, 1.54) is 6.07 Å². The van der Waals surface area contributed by atoms with Crippen LogP contribution in [0.5, 0.6) is 5.75 Å². The summed E-state index contributed by atoms with van der Waals surface area (Å²) in [5.74, 6) is 0.662. The van der Waals surface area contributed by atoms with Crippen LogP contribution in [0, 0.1) is 5.82 Å². The van der Waals surface area contributed by atoms with Crippen molar-refractivity contribution in [3.8, 4) is 5.75 Å². The van der Waals surface area contributed by atoms with Crippen LogP contribution < -0.4 is 4.74 Å². The van der Waals surface area contributed by atoms with E-state index in [0.29, 0.717) is 18.8 Å². The molecule has 1 aliphatic heterocycles. The van der Waals surface area contributed by atoms with Gasteiger partial charge in [-0.25, -0.2) is 9.37 Å². The van der Waals surface area contributed by atoms with E-state index in [4.69, 9.17) is 4.74 Å². The van der Waals surface area contributed by atoms with Gasteiger partial charge in [0.2, 0.25) is 0 Å². The van der Waals surface area contributed by atoms with Gasteiger partial charge < -0.3 is 9.72 Å². The smallest absolute Gasteiger partial charge is 0.146 e. The normalized spacial score (nSPS) is 17.3. The number of imidazole rings is 1. The Kier molecular flexibility index (Phi) is 4.19. The van der Waals surface area contributed by atoms with E-state index < -0.39 is 0 Å². The number of fused-ring (bicyclic) bond motifs is 1. The van der Waals surface area contributed by atoms with Gasteiger partial charge in [-0.15, -0.1) is 0 Å². The molecule has 1 unspecified atom stereocenters. The minimum absolute atomic E-state index is 0.108. The quantitative estimate of drug-likeness (QED) is 0.794. The minimum Gasteiger partial charge on any atom is -0.497 e. The molecule has 3 heterocycles. The first-order valence-electron chi connectivity index (χ1n) is 8.22. The lowest BCUT2D eigenvalue weighted by Gasteiger charge is -2.32. The Hall–Kier alpha value is -2.73. The number of nitrogens with one attached hydrogen (secondary N) is 1. The van der Waals surface area contributed by atoms with Gasteiger partial charge in [0, 0.05) is 31.7 Å². The predicted octanol–water partition coefficient (Wildman–Crippen LogP) is 3.10. The van der Waals surface area contributed by atoms with Crippen LogP contribution in [0.3, 0.4) is 0 Å². The first kappa shape index (κ1) is 15.8. The fraction of sp³-hybridized carbons (Fsp3) is 0.263. The first-order valence-corrected chi connectivity index (χ1v) is 8.22. The summed E-state index contributed by atoms with van der Waals surface area (Å²) in [7, 11) is 1.66. The van der Waals surface area contributed by atoms with Crippen molar-refractivity contribution in [3.63, 3.8) is 0 Å². The van der Waals surface area contributed by atoms with Gasteiger partial charge in [0.15, 0.2) is 0 Å². The molecule has 1 N–H and O–H groups in total. The summed E-state index contributed by atoms with van der Waals surface area (Å²) in [6.45, 7) is 1.92. The van der Waals surface area contributed by atoms with Gasteiger partial charge >= 0.3 is 0 Å². The van der Waals surface area contributed by atoms with Gasteiger partial charge in [0.25, 0.3) is 0 Å². The van der Waals surface area contributed by atoms with Gasteiger partial charge in [0.1, 0.15) is 11.6 Å². The number of ether oxygens (including phenoxy) is 1. The summed E-state index contributed by atoms with van der Waals surface area (Å²) in [4.78, 5) is 14.1. The molecule has 0 saturated heterocycles. The standard InChI is InChI=1S/C19H19FN4O/c1-25-14-5-2-4-13(8-14)15-9-24(11-18-19(15)23-12-22-18)10-17-16(20)6-3-7-21-17/h2-8,12,15H,9-11H2,1H3,(H,22,23). The van der Waals surface area contributed by atoms with Crippen molar-refractivity contribution in [1.82, 2.24) is 19.9 Å². The molecule has 0 spiro atoms. The third-order valence-electron chi connectivity index (χ3n) is 4.61. The third kappa shape index (κ3) is 3.13. The molecule has 128 valence electrons. The number of aromatic amines is 1. The molecule has 0 radical (unpaired) electrons. The number of nitrogens with zero attached hydrogens (tertiary/aromatic N) is 3. The first-order chi connectivity index (χ1) is 12.2. The van der Waals surface area contributed by atoms with Gasteiger partial charge in [-0.2, -0.15) is 0 Å². The molecule has 4 rings (SSSR count). The SMILES string of the molecule is COc1cccc(C2CN(Cc3ncccc3F)Cc3[nH]cnc32)c1. The lowest BCUT2D eigenvalue weighted by Crippen LogP contribution is -2.34. The van der Waals surface area contributed by atoms with Gasteiger partial charge in [-0.3, -0.25) is 9.88 Å². The number of benzene rings is 1. The van der Waals surface area contributed by atoms with Crippen LogP contribution >= 0.6 is 0 Å². The maximum Gasteiger partial charge on any atom is 0.146 e. The molecule has 1 aromatic carbocycles. The summed E-state index contributed by atoms with van der Waals surface area (Å²) < 4.78 is 19.3. The Bertz CT molecular complexity index is 879. The van der Waals surface area contributed by atoms with Crippen LogP contribution in [0.1, 0.15) is 28.6 Å². The monoisotopic (exact) mass is 338 g/mol. The lowest BCUT2D eigenvalue weighted by atomic mass is 9.90. The van der Waals surface area contributed by atoms with Crippen molar-refractivity contribution in [2.24, 2.45) is 0 Å². The maximum atomic E-state index is 14.0. The largest absolute Gasteiger partial charge is 0.497 e. The maximum absolute atomic E-state index is 14.0. The van der Waals surface area contributed by atoms with E-state index in [0.717, 1.165) is 29.2 Å². The van der Waals surface area contributed by atoms with E-state index in [1.54, 1.807) is 25.7 Å². The summed E-state index contributed by atoms with van der Waals surface area (Å²) >= 11 is 0. The van der Waals surface area contributed by atoms with Crippen LogP contribution in [0.2, 0.25) is 0 Å². The molecule has 1 aliphatic rings. The van der Waals surface area contributed by atoms with E-state index >= 15 is 0 Å². The van der Waals surface area contributed by atoms with Crippen molar-refractivity contribution in [2.75, 3.05) is 13.7 Å². The highest BCUT2D eigenvalue weighted by atomic mass is 19.1. The molecule has 3 aromatic rings. The third-order valence-corrected chi connectivity index (χ3v) is 4.61. The van der Waals surface area contributed by atoms with E-state index in [2.05, 4.69) is 25.9 Å². The van der Waals surface area contributed by atoms with E-state index in [-0.39, 0.29) is 11.7 Å². The molecular weight excluding hydrogens is 319 g/mol. The molecule has 1 atom stereocenters. The highest BCUT2D eigenvalue weighted by molar-refractivity contribution is 5.38. The zero-order valence-corrected chi connectivity index (χ0v) is 13.9. The van der Waals surface area contributed by atoms with Crippen molar-refractivity contribution in [1.29, 1.82) is 0 Å². The summed E-state index contributed by atoms with van der Waals surface area (Å²) in [5, 5.41) is 0. The molecule has 0 fully saturated rings.